The average Bonchev–Trinajstić information content (AvgIpc) is 2.73. The summed E-state index contributed by atoms with van der Waals surface area (Å²) in [4.78, 5) is 25.7. The summed E-state index contributed by atoms with van der Waals surface area (Å²) in [7, 11) is 0. The van der Waals surface area contributed by atoms with Gasteiger partial charge in [-0.1, -0.05) is 35.9 Å². The lowest BCUT2D eigenvalue weighted by atomic mass is 9.97. The largest absolute Gasteiger partial charge is 0.507 e. The fourth-order valence-electron chi connectivity index (χ4n) is 3.47. The lowest BCUT2D eigenvalue weighted by molar-refractivity contribution is 0.0303. The number of phenolic OH excluding ortho intramolecular Hbond substituents is 1. The molecule has 0 radical (unpaired) electrons. The van der Waals surface area contributed by atoms with E-state index in [1.54, 1.807) is 29.2 Å². The molecular formula is C22H18ClNO4. The number of hydrogen-bond acceptors (Lipinski definition) is 4. The number of carbonyl (C=O) groups is 2. The van der Waals surface area contributed by atoms with Crippen molar-refractivity contribution in [1.82, 2.24) is 4.90 Å². The van der Waals surface area contributed by atoms with E-state index in [-0.39, 0.29) is 17.2 Å². The number of rotatable bonds is 3. The predicted octanol–water partition coefficient (Wildman–Crippen LogP) is 4.15. The third kappa shape index (κ3) is 3.35. The van der Waals surface area contributed by atoms with Crippen molar-refractivity contribution in [2.45, 2.75) is 0 Å². The number of morpholine rings is 1. The first kappa shape index (κ1) is 18.5. The zero-order valence-electron chi connectivity index (χ0n) is 15.0. The van der Waals surface area contributed by atoms with Crippen LogP contribution in [0.1, 0.15) is 20.7 Å². The molecule has 1 fully saturated rings. The Hall–Kier alpha value is -2.89. The summed E-state index contributed by atoms with van der Waals surface area (Å²) in [6.07, 6.45) is 0.649. The van der Waals surface area contributed by atoms with Gasteiger partial charge >= 0.3 is 0 Å². The molecule has 0 aromatic heterocycles. The molecule has 6 heteroatoms. The summed E-state index contributed by atoms with van der Waals surface area (Å²) in [6, 6.07) is 14.1. The van der Waals surface area contributed by atoms with E-state index in [1.807, 2.05) is 18.2 Å². The fraction of sp³-hybridized carbons (Fsp3) is 0.182. The Morgan fingerprint density at radius 1 is 1.07 bits per heavy atom. The van der Waals surface area contributed by atoms with Crippen LogP contribution in [0.25, 0.3) is 21.9 Å². The van der Waals surface area contributed by atoms with Crippen LogP contribution < -0.4 is 0 Å². The van der Waals surface area contributed by atoms with E-state index in [0.29, 0.717) is 48.6 Å². The zero-order valence-corrected chi connectivity index (χ0v) is 15.8. The molecule has 3 aromatic carbocycles. The van der Waals surface area contributed by atoms with Crippen LogP contribution in [-0.2, 0) is 4.74 Å². The van der Waals surface area contributed by atoms with Gasteiger partial charge in [0.25, 0.3) is 5.91 Å². The summed E-state index contributed by atoms with van der Waals surface area (Å²) in [5, 5.41) is 11.8. The van der Waals surface area contributed by atoms with E-state index >= 15 is 0 Å². The van der Waals surface area contributed by atoms with Crippen molar-refractivity contribution in [3.8, 4) is 16.9 Å². The van der Waals surface area contributed by atoms with Gasteiger partial charge < -0.3 is 14.7 Å². The molecule has 1 saturated heterocycles. The smallest absolute Gasteiger partial charge is 0.254 e. The Kier molecular flexibility index (Phi) is 5.03. The topological polar surface area (TPSA) is 66.8 Å². The Balaban J connectivity index is 1.68. The summed E-state index contributed by atoms with van der Waals surface area (Å²) in [5.41, 5.74) is 2.47. The Bertz CT molecular complexity index is 1070. The predicted molar refractivity (Wildman–Crippen MR) is 108 cm³/mol. The second-order valence-electron chi connectivity index (χ2n) is 6.65. The zero-order chi connectivity index (χ0) is 19.7. The van der Waals surface area contributed by atoms with Crippen molar-refractivity contribution in [3.05, 3.63) is 64.7 Å². The normalized spacial score (nSPS) is 14.2. The van der Waals surface area contributed by atoms with Gasteiger partial charge in [0, 0.05) is 29.2 Å². The van der Waals surface area contributed by atoms with Gasteiger partial charge in [0.1, 0.15) is 5.75 Å². The van der Waals surface area contributed by atoms with Crippen molar-refractivity contribution in [3.63, 3.8) is 0 Å². The molecule has 1 aliphatic rings. The lowest BCUT2D eigenvalue weighted by Crippen LogP contribution is -2.40. The van der Waals surface area contributed by atoms with Gasteiger partial charge in [0.15, 0.2) is 6.29 Å². The van der Waals surface area contributed by atoms with Gasteiger partial charge in [-0.3, -0.25) is 9.59 Å². The molecule has 3 aromatic rings. The van der Waals surface area contributed by atoms with Crippen molar-refractivity contribution >= 4 is 34.6 Å². The number of aldehydes is 1. The highest BCUT2D eigenvalue weighted by molar-refractivity contribution is 6.33. The van der Waals surface area contributed by atoms with Gasteiger partial charge in [-0.15, -0.1) is 0 Å². The first-order valence-corrected chi connectivity index (χ1v) is 9.34. The number of fused-ring (bicyclic) bond motifs is 1. The molecule has 0 bridgehead atoms. The van der Waals surface area contributed by atoms with E-state index in [0.717, 1.165) is 16.5 Å². The average molecular weight is 396 g/mol. The minimum Gasteiger partial charge on any atom is -0.507 e. The third-order valence-corrected chi connectivity index (χ3v) is 5.29. The van der Waals surface area contributed by atoms with E-state index in [2.05, 4.69) is 0 Å². The van der Waals surface area contributed by atoms with Crippen LogP contribution in [0.15, 0.2) is 48.5 Å². The molecule has 0 unspecified atom stereocenters. The summed E-state index contributed by atoms with van der Waals surface area (Å²) in [5.74, 6) is -0.0966. The van der Waals surface area contributed by atoms with Crippen molar-refractivity contribution in [2.24, 2.45) is 0 Å². The van der Waals surface area contributed by atoms with E-state index in [1.165, 1.54) is 6.07 Å². The highest BCUT2D eigenvalue weighted by atomic mass is 35.5. The van der Waals surface area contributed by atoms with E-state index in [4.69, 9.17) is 16.3 Å². The molecule has 0 saturated carbocycles. The van der Waals surface area contributed by atoms with Crippen molar-refractivity contribution in [1.29, 1.82) is 0 Å². The van der Waals surface area contributed by atoms with Gasteiger partial charge in [-0.2, -0.15) is 0 Å². The monoisotopic (exact) mass is 395 g/mol. The fourth-order valence-corrected chi connectivity index (χ4v) is 3.75. The standard InChI is InChI=1S/C22H18ClNO4/c23-20-12-16(22(27)24-7-9-28-10-8-24)2-5-18(20)15-1-4-17-14(11-15)3-6-21(26)19(17)13-25/h1-6,11-13,26H,7-10H2. The Morgan fingerprint density at radius 3 is 2.57 bits per heavy atom. The van der Waals surface area contributed by atoms with Gasteiger partial charge in [-0.25, -0.2) is 0 Å². The first-order chi connectivity index (χ1) is 13.6. The highest BCUT2D eigenvalue weighted by Crippen LogP contribution is 2.33. The van der Waals surface area contributed by atoms with Crippen LogP contribution in [0.4, 0.5) is 0 Å². The molecule has 28 heavy (non-hydrogen) atoms. The summed E-state index contributed by atoms with van der Waals surface area (Å²) in [6.45, 7) is 2.25. The number of benzene rings is 3. The minimum absolute atomic E-state index is 0.0424. The molecule has 142 valence electrons. The third-order valence-electron chi connectivity index (χ3n) is 4.98. The van der Waals surface area contributed by atoms with Crippen LogP contribution in [0, 0.1) is 0 Å². The molecule has 1 amide bonds. The summed E-state index contributed by atoms with van der Waals surface area (Å²) < 4.78 is 5.29. The maximum Gasteiger partial charge on any atom is 0.254 e. The molecule has 1 aliphatic heterocycles. The van der Waals surface area contributed by atoms with Crippen LogP contribution >= 0.6 is 11.6 Å². The maximum atomic E-state index is 12.6. The molecule has 0 aliphatic carbocycles. The summed E-state index contributed by atoms with van der Waals surface area (Å²) >= 11 is 6.49. The van der Waals surface area contributed by atoms with E-state index in [9.17, 15) is 14.7 Å². The quantitative estimate of drug-likeness (QED) is 0.676. The second-order valence-corrected chi connectivity index (χ2v) is 7.06. The Morgan fingerprint density at radius 2 is 1.86 bits per heavy atom. The van der Waals surface area contributed by atoms with Crippen molar-refractivity contribution in [2.75, 3.05) is 26.3 Å². The van der Waals surface area contributed by atoms with Crippen LogP contribution in [-0.4, -0.2) is 48.5 Å². The molecule has 1 N–H and O–H groups in total. The maximum absolute atomic E-state index is 12.6. The van der Waals surface area contributed by atoms with Crippen LogP contribution in [0.3, 0.4) is 0 Å². The minimum atomic E-state index is -0.0543. The molecule has 4 rings (SSSR count). The number of halogens is 1. The molecule has 0 atom stereocenters. The molecule has 5 nitrogen and oxygen atoms in total. The van der Waals surface area contributed by atoms with Gasteiger partial charge in [-0.05, 0) is 40.6 Å². The highest BCUT2D eigenvalue weighted by Gasteiger charge is 2.19. The van der Waals surface area contributed by atoms with Crippen LogP contribution in [0.2, 0.25) is 5.02 Å². The second kappa shape index (κ2) is 7.62. The van der Waals surface area contributed by atoms with Gasteiger partial charge in [0.05, 0.1) is 18.8 Å². The van der Waals surface area contributed by atoms with Crippen LogP contribution in [0.5, 0.6) is 5.75 Å². The lowest BCUT2D eigenvalue weighted by Gasteiger charge is -2.27. The Labute approximate surface area is 167 Å². The first-order valence-electron chi connectivity index (χ1n) is 8.96. The van der Waals surface area contributed by atoms with Crippen molar-refractivity contribution < 1.29 is 19.4 Å². The van der Waals surface area contributed by atoms with Gasteiger partial charge in [0.2, 0.25) is 0 Å². The number of amides is 1. The molecule has 1 heterocycles. The number of carbonyl (C=O) groups excluding carboxylic acids is 2. The van der Waals surface area contributed by atoms with E-state index < -0.39 is 0 Å². The number of aromatic hydroxyl groups is 1. The molecule has 0 spiro atoms. The number of ether oxygens (including phenoxy) is 1. The number of hydrogen-bond donors (Lipinski definition) is 1. The number of phenols is 1. The molecular weight excluding hydrogens is 378 g/mol. The SMILES string of the molecule is O=Cc1c(O)ccc2cc(-c3ccc(C(=O)N4CCOCC4)cc3Cl)ccc12. The number of nitrogens with zero attached hydrogens (tertiary/aromatic N) is 1.